The van der Waals surface area contributed by atoms with Gasteiger partial charge in [0.2, 0.25) is 0 Å². The van der Waals surface area contributed by atoms with Gasteiger partial charge in [-0.25, -0.2) is 4.68 Å². The van der Waals surface area contributed by atoms with Crippen molar-refractivity contribution in [2.24, 2.45) is 0 Å². The van der Waals surface area contributed by atoms with E-state index >= 15 is 0 Å². The number of methoxy groups -OCH3 is 1. The highest BCUT2D eigenvalue weighted by Crippen LogP contribution is 2.32. The molecule has 0 N–H and O–H groups in total. The topological polar surface area (TPSA) is 97.5 Å². The molecule has 1 aliphatic heterocycles. The maximum Gasteiger partial charge on any atom is 0.271 e. The van der Waals surface area contributed by atoms with Crippen LogP contribution in [-0.2, 0) is 22.7 Å². The molecule has 4 aromatic carbocycles. The maximum absolute atomic E-state index is 13.9. The number of hydrogen-bond acceptors (Lipinski definition) is 6. The molecule has 0 atom stereocenters. The van der Waals surface area contributed by atoms with Gasteiger partial charge in [-0.3, -0.25) is 14.5 Å². The molecular weight excluding hydrogens is 576 g/mol. The molecule has 1 aromatic heterocycles. The second-order valence-electron chi connectivity index (χ2n) is 10.7. The Hall–Kier alpha value is -6.20. The molecule has 2 heterocycles. The third kappa shape index (κ3) is 6.21. The number of rotatable bonds is 9. The Morgan fingerprint density at radius 3 is 2.11 bits per heavy atom. The summed E-state index contributed by atoms with van der Waals surface area (Å²) in [7, 11) is 1.57. The van der Waals surface area contributed by atoms with Crippen molar-refractivity contribution in [3.05, 3.63) is 149 Å². The first-order valence-electron chi connectivity index (χ1n) is 14.7. The average Bonchev–Trinajstić information content (AvgIpc) is 3.53. The van der Waals surface area contributed by atoms with Crippen LogP contribution < -0.4 is 9.47 Å². The van der Waals surface area contributed by atoms with Gasteiger partial charge in [0.05, 0.1) is 25.0 Å². The molecule has 0 bridgehead atoms. The Balaban J connectivity index is 1.38. The van der Waals surface area contributed by atoms with Gasteiger partial charge in [0.25, 0.3) is 11.8 Å². The van der Waals surface area contributed by atoms with Crippen LogP contribution in [0.2, 0.25) is 0 Å². The lowest BCUT2D eigenvalue weighted by Crippen LogP contribution is -2.42. The van der Waals surface area contributed by atoms with E-state index < -0.39 is 11.8 Å². The van der Waals surface area contributed by atoms with E-state index in [9.17, 15) is 14.9 Å². The number of nitrogens with zero attached hydrogens (tertiary/aromatic N) is 4. The molecule has 46 heavy (non-hydrogen) atoms. The summed E-state index contributed by atoms with van der Waals surface area (Å²) in [6.07, 6.45) is 3.55. The van der Waals surface area contributed by atoms with Crippen LogP contribution in [0.1, 0.15) is 23.6 Å². The van der Waals surface area contributed by atoms with E-state index in [0.717, 1.165) is 27.3 Å². The first kappa shape index (κ1) is 29.9. The molecule has 2 amide bonds. The summed E-state index contributed by atoms with van der Waals surface area (Å²) in [5, 5.41) is 14.8. The van der Waals surface area contributed by atoms with E-state index in [1.54, 1.807) is 49.1 Å². The Bertz CT molecular complexity index is 1990. The van der Waals surface area contributed by atoms with E-state index in [4.69, 9.17) is 14.6 Å². The molecule has 0 fully saturated rings. The fraction of sp³-hybridized carbons (Fsp3) is 0.105. The van der Waals surface area contributed by atoms with Crippen molar-refractivity contribution in [1.29, 1.82) is 5.26 Å². The zero-order valence-electron chi connectivity index (χ0n) is 25.4. The van der Waals surface area contributed by atoms with Crippen molar-refractivity contribution in [3.63, 3.8) is 0 Å². The Morgan fingerprint density at radius 1 is 0.804 bits per heavy atom. The molecule has 226 valence electrons. The molecule has 0 spiro atoms. The van der Waals surface area contributed by atoms with Crippen molar-refractivity contribution in [3.8, 4) is 34.5 Å². The van der Waals surface area contributed by atoms with Crippen LogP contribution in [0.25, 0.3) is 23.0 Å². The third-order valence-electron chi connectivity index (χ3n) is 7.76. The van der Waals surface area contributed by atoms with Crippen molar-refractivity contribution in [2.75, 3.05) is 7.11 Å². The number of aromatic nitrogens is 2. The Labute approximate surface area is 267 Å². The third-order valence-corrected chi connectivity index (χ3v) is 7.76. The second kappa shape index (κ2) is 13.2. The number of hydrogen-bond donors (Lipinski definition) is 0. The highest BCUT2D eigenvalue weighted by atomic mass is 16.5. The van der Waals surface area contributed by atoms with Crippen molar-refractivity contribution in [2.45, 2.75) is 20.1 Å². The van der Waals surface area contributed by atoms with Crippen LogP contribution in [-0.4, -0.2) is 33.6 Å². The first-order chi connectivity index (χ1) is 22.4. The summed E-state index contributed by atoms with van der Waals surface area (Å²) in [5.41, 5.74) is 5.23. The molecule has 0 unspecified atom stereocenters. The maximum atomic E-state index is 13.9. The molecule has 0 radical (unpaired) electrons. The van der Waals surface area contributed by atoms with Crippen LogP contribution in [0, 0.1) is 11.3 Å². The lowest BCUT2D eigenvalue weighted by atomic mass is 9.93. The van der Waals surface area contributed by atoms with Gasteiger partial charge in [0.15, 0.2) is 0 Å². The van der Waals surface area contributed by atoms with Crippen LogP contribution in [0.5, 0.6) is 11.5 Å². The van der Waals surface area contributed by atoms with E-state index in [-0.39, 0.29) is 17.7 Å². The standard InChI is InChI=1S/C38H30N4O4/c1-26-34(37(43)41(38(44)35(26)22-39)23-27-13-17-32(45-2)18-14-27)21-30-24-42(31-11-7-4-8-12-31)40-36(30)29-15-19-33(20-16-29)46-25-28-9-5-3-6-10-28/h3-21,24H,23,25H2,1-2H3/b34-21+. The number of benzene rings is 4. The monoisotopic (exact) mass is 606 g/mol. The first-order valence-corrected chi connectivity index (χ1v) is 14.7. The molecular formula is C38H30N4O4. The van der Waals surface area contributed by atoms with Crippen LogP contribution >= 0.6 is 0 Å². The van der Waals surface area contributed by atoms with Gasteiger partial charge in [0, 0.05) is 22.9 Å². The van der Waals surface area contributed by atoms with Gasteiger partial charge in [-0.05, 0) is 78.2 Å². The molecule has 8 nitrogen and oxygen atoms in total. The highest BCUT2D eigenvalue weighted by Gasteiger charge is 2.35. The van der Waals surface area contributed by atoms with Crippen molar-refractivity contribution >= 4 is 17.9 Å². The largest absolute Gasteiger partial charge is 0.497 e. The number of ether oxygens (including phenoxy) is 2. The summed E-state index contributed by atoms with van der Waals surface area (Å²) in [5.74, 6) is 0.264. The normalized spacial score (nSPS) is 14.0. The molecule has 0 saturated carbocycles. The van der Waals surface area contributed by atoms with E-state index in [1.807, 2.05) is 97.2 Å². The average molecular weight is 607 g/mol. The summed E-state index contributed by atoms with van der Waals surface area (Å²) >= 11 is 0. The smallest absolute Gasteiger partial charge is 0.271 e. The number of amides is 2. The molecule has 1 aliphatic rings. The summed E-state index contributed by atoms with van der Waals surface area (Å²) in [6.45, 7) is 2.09. The van der Waals surface area contributed by atoms with Gasteiger partial charge in [-0.15, -0.1) is 0 Å². The number of carbonyl (C=O) groups excluding carboxylic acids is 2. The molecule has 0 aliphatic carbocycles. The van der Waals surface area contributed by atoms with Gasteiger partial charge in [0.1, 0.15) is 29.7 Å². The van der Waals surface area contributed by atoms with Gasteiger partial charge in [-0.1, -0.05) is 60.7 Å². The van der Waals surface area contributed by atoms with Crippen LogP contribution in [0.3, 0.4) is 0 Å². The number of imide groups is 1. The summed E-state index contributed by atoms with van der Waals surface area (Å²) < 4.78 is 13.0. The minimum absolute atomic E-state index is 0.0119. The van der Waals surface area contributed by atoms with Gasteiger partial charge < -0.3 is 9.47 Å². The van der Waals surface area contributed by atoms with Crippen molar-refractivity contribution in [1.82, 2.24) is 14.7 Å². The fourth-order valence-corrected chi connectivity index (χ4v) is 5.22. The zero-order chi connectivity index (χ0) is 32.0. The molecule has 0 saturated heterocycles. The SMILES string of the molecule is COc1ccc(CN2C(=O)C(C#N)=C(C)/C(=C\c3cn(-c4ccccc4)nc3-c3ccc(OCc4ccccc4)cc3)C2=O)cc1. The number of carbonyl (C=O) groups is 2. The Kier molecular flexibility index (Phi) is 8.57. The summed E-state index contributed by atoms with van der Waals surface area (Å²) in [4.78, 5) is 28.3. The second-order valence-corrected chi connectivity index (χ2v) is 10.7. The fourth-order valence-electron chi connectivity index (χ4n) is 5.22. The lowest BCUT2D eigenvalue weighted by Gasteiger charge is -2.27. The lowest BCUT2D eigenvalue weighted by molar-refractivity contribution is -0.141. The number of para-hydroxylation sites is 1. The van der Waals surface area contributed by atoms with Gasteiger partial charge >= 0.3 is 0 Å². The van der Waals surface area contributed by atoms with E-state index in [1.165, 1.54) is 0 Å². The minimum Gasteiger partial charge on any atom is -0.497 e. The van der Waals surface area contributed by atoms with E-state index in [2.05, 4.69) is 0 Å². The Morgan fingerprint density at radius 2 is 1.46 bits per heavy atom. The van der Waals surface area contributed by atoms with E-state index in [0.29, 0.717) is 34.9 Å². The molecule has 8 heteroatoms. The van der Waals surface area contributed by atoms with Gasteiger partial charge in [-0.2, -0.15) is 10.4 Å². The van der Waals surface area contributed by atoms with Crippen LogP contribution in [0.15, 0.2) is 132 Å². The van der Waals surface area contributed by atoms with Crippen molar-refractivity contribution < 1.29 is 19.1 Å². The summed E-state index contributed by atoms with van der Waals surface area (Å²) in [6, 6.07) is 36.3. The molecule has 5 aromatic rings. The zero-order valence-corrected chi connectivity index (χ0v) is 25.4. The highest BCUT2D eigenvalue weighted by molar-refractivity contribution is 6.19. The minimum atomic E-state index is -0.621. The number of nitriles is 1. The predicted octanol–water partition coefficient (Wildman–Crippen LogP) is 6.92. The quantitative estimate of drug-likeness (QED) is 0.134. The van der Waals surface area contributed by atoms with Crippen LogP contribution in [0.4, 0.5) is 0 Å². The molecule has 6 rings (SSSR count). The predicted molar refractivity (Wildman–Crippen MR) is 175 cm³/mol.